The summed E-state index contributed by atoms with van der Waals surface area (Å²) in [6.07, 6.45) is 1.22. The van der Waals surface area contributed by atoms with Crippen LogP contribution in [-0.4, -0.2) is 42.2 Å². The number of aromatic nitrogens is 1. The first kappa shape index (κ1) is 16.6. The predicted molar refractivity (Wildman–Crippen MR) is 85.3 cm³/mol. The summed E-state index contributed by atoms with van der Waals surface area (Å²) in [7, 11) is 2.14. The molecule has 20 heavy (non-hydrogen) atoms. The van der Waals surface area contributed by atoms with Crippen LogP contribution in [0.3, 0.4) is 0 Å². The molecule has 1 rings (SSSR count). The smallest absolute Gasteiger partial charge is 0.239 e. The molecule has 0 spiro atoms. The fourth-order valence-electron chi connectivity index (χ4n) is 1.76. The number of ether oxygens (including phenoxy) is 1. The normalized spacial score (nSPS) is 12.8. The Labute approximate surface area is 122 Å². The molecule has 5 nitrogen and oxygen atoms in total. The minimum Gasteiger partial charge on any atom is -0.473 e. The Morgan fingerprint density at radius 2 is 2.05 bits per heavy atom. The van der Waals surface area contributed by atoms with Crippen LogP contribution in [-0.2, 0) is 0 Å². The number of anilines is 2. The number of nitrogen functional groups attached to an aromatic ring is 1. The van der Waals surface area contributed by atoms with Crippen LogP contribution in [0.2, 0.25) is 0 Å². The SMILES string of the molecule is CCC(C)N(C)CCNc1ccc(N)c(OC(C)C)n1. The predicted octanol–water partition coefficient (Wildman–Crippen LogP) is 2.59. The van der Waals surface area contributed by atoms with Gasteiger partial charge in [0.2, 0.25) is 5.88 Å². The van der Waals surface area contributed by atoms with Gasteiger partial charge in [0.1, 0.15) is 5.82 Å². The van der Waals surface area contributed by atoms with Crippen molar-refractivity contribution in [3.8, 4) is 5.88 Å². The summed E-state index contributed by atoms with van der Waals surface area (Å²) in [6.45, 7) is 10.2. The monoisotopic (exact) mass is 280 g/mol. The Bertz CT molecular complexity index is 409. The first-order valence-electron chi connectivity index (χ1n) is 7.31. The van der Waals surface area contributed by atoms with Crippen molar-refractivity contribution in [2.75, 3.05) is 31.2 Å². The Morgan fingerprint density at radius 3 is 2.65 bits per heavy atom. The highest BCUT2D eigenvalue weighted by molar-refractivity contribution is 5.53. The third kappa shape index (κ3) is 5.25. The molecule has 0 aliphatic rings. The van der Waals surface area contributed by atoms with E-state index in [2.05, 4.69) is 36.1 Å². The lowest BCUT2D eigenvalue weighted by Gasteiger charge is -2.23. The van der Waals surface area contributed by atoms with Crippen molar-refractivity contribution in [1.29, 1.82) is 0 Å². The van der Waals surface area contributed by atoms with Gasteiger partial charge in [0.15, 0.2) is 0 Å². The lowest BCUT2D eigenvalue weighted by Crippen LogP contribution is -2.32. The number of likely N-dealkylation sites (N-methyl/N-ethyl adjacent to an activating group) is 1. The van der Waals surface area contributed by atoms with E-state index in [1.165, 1.54) is 0 Å². The number of pyridine rings is 1. The molecule has 1 heterocycles. The van der Waals surface area contributed by atoms with Crippen LogP contribution in [0.4, 0.5) is 11.5 Å². The van der Waals surface area contributed by atoms with Crippen molar-refractivity contribution < 1.29 is 4.74 Å². The Balaban J connectivity index is 2.52. The molecule has 0 radical (unpaired) electrons. The van der Waals surface area contributed by atoms with Crippen molar-refractivity contribution in [3.63, 3.8) is 0 Å². The molecule has 1 aromatic heterocycles. The van der Waals surface area contributed by atoms with Gasteiger partial charge in [-0.1, -0.05) is 6.92 Å². The number of nitrogens with zero attached hydrogens (tertiary/aromatic N) is 2. The second-order valence-corrected chi connectivity index (χ2v) is 5.42. The zero-order chi connectivity index (χ0) is 15.1. The van der Waals surface area contributed by atoms with E-state index in [1.807, 2.05) is 26.0 Å². The molecule has 0 aliphatic carbocycles. The molecule has 5 heteroatoms. The Hall–Kier alpha value is -1.49. The van der Waals surface area contributed by atoms with Crippen molar-refractivity contribution >= 4 is 11.5 Å². The highest BCUT2D eigenvalue weighted by atomic mass is 16.5. The van der Waals surface area contributed by atoms with Crippen LogP contribution in [0.15, 0.2) is 12.1 Å². The molecular formula is C15H28N4O. The van der Waals surface area contributed by atoms with Crippen molar-refractivity contribution in [2.45, 2.75) is 46.3 Å². The standard InChI is InChI=1S/C15H28N4O/c1-6-12(4)19(5)10-9-17-14-8-7-13(16)15(18-14)20-11(2)3/h7-8,11-12H,6,9-10,16H2,1-5H3,(H,17,18). The summed E-state index contributed by atoms with van der Waals surface area (Å²) in [6, 6.07) is 4.30. The molecule has 114 valence electrons. The van der Waals surface area contributed by atoms with Gasteiger partial charge in [-0.2, -0.15) is 4.98 Å². The van der Waals surface area contributed by atoms with Crippen molar-refractivity contribution in [1.82, 2.24) is 9.88 Å². The second-order valence-electron chi connectivity index (χ2n) is 5.42. The van der Waals surface area contributed by atoms with E-state index in [-0.39, 0.29) is 6.10 Å². The van der Waals surface area contributed by atoms with E-state index < -0.39 is 0 Å². The first-order chi connectivity index (χ1) is 9.43. The highest BCUT2D eigenvalue weighted by Gasteiger charge is 2.08. The molecule has 0 saturated carbocycles. The average Bonchev–Trinajstić information content (AvgIpc) is 2.40. The lowest BCUT2D eigenvalue weighted by molar-refractivity contribution is 0.234. The van der Waals surface area contributed by atoms with Crippen LogP contribution >= 0.6 is 0 Å². The average molecular weight is 280 g/mol. The van der Waals surface area contributed by atoms with Gasteiger partial charge in [-0.25, -0.2) is 0 Å². The molecule has 1 aromatic rings. The summed E-state index contributed by atoms with van der Waals surface area (Å²) in [5.41, 5.74) is 6.42. The van der Waals surface area contributed by atoms with Crippen molar-refractivity contribution in [2.24, 2.45) is 0 Å². The largest absolute Gasteiger partial charge is 0.473 e. The van der Waals surface area contributed by atoms with E-state index in [9.17, 15) is 0 Å². The maximum Gasteiger partial charge on any atom is 0.239 e. The number of hydrogen-bond donors (Lipinski definition) is 2. The summed E-state index contributed by atoms with van der Waals surface area (Å²) in [5, 5.41) is 3.31. The van der Waals surface area contributed by atoms with Gasteiger partial charge in [0, 0.05) is 19.1 Å². The third-order valence-corrected chi connectivity index (χ3v) is 3.35. The number of rotatable bonds is 8. The van der Waals surface area contributed by atoms with Gasteiger partial charge >= 0.3 is 0 Å². The highest BCUT2D eigenvalue weighted by Crippen LogP contribution is 2.21. The minimum atomic E-state index is 0.0663. The van der Waals surface area contributed by atoms with Crippen LogP contribution < -0.4 is 15.8 Å². The second kappa shape index (κ2) is 7.94. The Kier molecular flexibility index (Phi) is 6.58. The maximum atomic E-state index is 5.85. The van der Waals surface area contributed by atoms with E-state index in [0.29, 0.717) is 17.6 Å². The number of hydrogen-bond acceptors (Lipinski definition) is 5. The fraction of sp³-hybridized carbons (Fsp3) is 0.667. The van der Waals surface area contributed by atoms with E-state index in [1.54, 1.807) is 0 Å². The van der Waals surface area contributed by atoms with Crippen LogP contribution in [0.1, 0.15) is 34.1 Å². The minimum absolute atomic E-state index is 0.0663. The fourth-order valence-corrected chi connectivity index (χ4v) is 1.76. The zero-order valence-electron chi connectivity index (χ0n) is 13.3. The first-order valence-corrected chi connectivity index (χ1v) is 7.31. The molecule has 0 amide bonds. The molecule has 1 unspecified atom stereocenters. The van der Waals surface area contributed by atoms with Gasteiger partial charge in [0.05, 0.1) is 11.8 Å². The molecule has 3 N–H and O–H groups in total. The van der Waals surface area contributed by atoms with Crippen LogP contribution in [0.5, 0.6) is 5.88 Å². The molecule has 0 aromatic carbocycles. The van der Waals surface area contributed by atoms with E-state index >= 15 is 0 Å². The molecular weight excluding hydrogens is 252 g/mol. The van der Waals surface area contributed by atoms with Crippen LogP contribution in [0.25, 0.3) is 0 Å². The molecule has 0 saturated heterocycles. The van der Waals surface area contributed by atoms with E-state index in [4.69, 9.17) is 10.5 Å². The van der Waals surface area contributed by atoms with Crippen molar-refractivity contribution in [3.05, 3.63) is 12.1 Å². The van der Waals surface area contributed by atoms with Gasteiger partial charge in [-0.15, -0.1) is 0 Å². The number of nitrogens with two attached hydrogens (primary N) is 1. The van der Waals surface area contributed by atoms with E-state index in [0.717, 1.165) is 25.3 Å². The van der Waals surface area contributed by atoms with Gasteiger partial charge in [-0.05, 0) is 46.4 Å². The molecule has 0 aliphatic heterocycles. The third-order valence-electron chi connectivity index (χ3n) is 3.35. The lowest BCUT2D eigenvalue weighted by atomic mass is 10.2. The van der Waals surface area contributed by atoms with Crippen LogP contribution in [0, 0.1) is 0 Å². The summed E-state index contributed by atoms with van der Waals surface area (Å²) in [4.78, 5) is 6.73. The topological polar surface area (TPSA) is 63.4 Å². The molecule has 1 atom stereocenters. The summed E-state index contributed by atoms with van der Waals surface area (Å²) < 4.78 is 5.58. The summed E-state index contributed by atoms with van der Waals surface area (Å²) >= 11 is 0. The number of nitrogens with one attached hydrogen (secondary N) is 1. The maximum absolute atomic E-state index is 5.85. The quantitative estimate of drug-likeness (QED) is 0.766. The zero-order valence-corrected chi connectivity index (χ0v) is 13.3. The van der Waals surface area contributed by atoms with Gasteiger partial charge < -0.3 is 20.7 Å². The molecule has 0 bridgehead atoms. The summed E-state index contributed by atoms with van der Waals surface area (Å²) in [5.74, 6) is 1.30. The van der Waals surface area contributed by atoms with Gasteiger partial charge in [0.25, 0.3) is 0 Å². The molecule has 0 fully saturated rings. The Morgan fingerprint density at radius 1 is 1.35 bits per heavy atom. The van der Waals surface area contributed by atoms with Gasteiger partial charge in [-0.3, -0.25) is 0 Å².